The summed E-state index contributed by atoms with van der Waals surface area (Å²) in [5.74, 6) is 5.45. The summed E-state index contributed by atoms with van der Waals surface area (Å²) in [6.07, 6.45) is 2.41. The van der Waals surface area contributed by atoms with Crippen LogP contribution in [0.25, 0.3) is 0 Å². The van der Waals surface area contributed by atoms with E-state index in [0.717, 1.165) is 17.5 Å². The maximum absolute atomic E-state index is 12.3. The molecule has 11 heteroatoms. The van der Waals surface area contributed by atoms with Crippen molar-refractivity contribution in [1.29, 1.82) is 0 Å². The minimum atomic E-state index is -1.77. The van der Waals surface area contributed by atoms with Crippen LogP contribution in [0.1, 0.15) is 73.7 Å². The first-order chi connectivity index (χ1) is 18.3. The third-order valence-electron chi connectivity index (χ3n) is 5.28. The Bertz CT molecular complexity index is 1320. The molecule has 0 unspecified atom stereocenters. The van der Waals surface area contributed by atoms with E-state index in [1.165, 1.54) is 4.90 Å². The van der Waals surface area contributed by atoms with Crippen molar-refractivity contribution in [3.05, 3.63) is 76.9 Å². The number of aryl methyl sites for hydroxylation is 1. The molecule has 1 aliphatic rings. The molecule has 2 heterocycles. The van der Waals surface area contributed by atoms with Crippen molar-refractivity contribution in [2.24, 2.45) is 5.73 Å². The van der Waals surface area contributed by atoms with E-state index in [-0.39, 0.29) is 11.7 Å². The normalized spacial score (nSPS) is 12.8. The molecule has 1 aliphatic heterocycles. The van der Waals surface area contributed by atoms with Gasteiger partial charge in [0.15, 0.2) is 0 Å². The van der Waals surface area contributed by atoms with Gasteiger partial charge in [0.25, 0.3) is 5.91 Å². The van der Waals surface area contributed by atoms with Crippen LogP contribution in [-0.2, 0) is 17.6 Å². The van der Waals surface area contributed by atoms with Gasteiger partial charge in [-0.2, -0.15) is 0 Å². The van der Waals surface area contributed by atoms with Gasteiger partial charge in [-0.1, -0.05) is 67.3 Å². The highest BCUT2D eigenvalue weighted by Crippen LogP contribution is 2.31. The number of hydrogen-bond donors (Lipinski definition) is 3. The standard InChI is InChI=1S/C16H16B3NO2.C10H10N4O.C2H6/c1-15(2,22)9-8-11-6-7-12-4-3-5-14(21)20(13(12)10-11)16(17,18)19;11-9(15)10-12-8(13-14-10)6-7-4-2-1-3-5-7;1-2/h6-7,10,22H,3-5H2,1-2H3;1-5H,6H2,(H2,11,15)(H,12,13,14);1-2H3. The third kappa shape index (κ3) is 9.80. The highest BCUT2D eigenvalue weighted by molar-refractivity contribution is 6.62. The molecule has 1 aromatic heterocycles. The lowest BCUT2D eigenvalue weighted by atomic mass is 9.48. The average Bonchev–Trinajstić information content (AvgIpc) is 3.26. The SMILES string of the molecule is CC.NC(=O)c1n[nH]c(Cc2ccccc2)n1.[B]C([B])([B])N1C(=O)CCCc2ccc(C#CC(C)(C)O)cc21. The molecular weight excluding hydrogens is 487 g/mol. The van der Waals surface area contributed by atoms with Crippen molar-refractivity contribution < 1.29 is 14.7 Å². The zero-order valence-electron chi connectivity index (χ0n) is 22.9. The van der Waals surface area contributed by atoms with Crippen LogP contribution < -0.4 is 10.6 Å². The molecule has 2 aromatic carbocycles. The number of primary amides is 1. The molecule has 0 aliphatic carbocycles. The number of aliphatic hydroxyl groups is 1. The lowest BCUT2D eigenvalue weighted by molar-refractivity contribution is -0.118. The number of rotatable bonds is 4. The lowest BCUT2D eigenvalue weighted by Gasteiger charge is -2.38. The van der Waals surface area contributed by atoms with E-state index in [4.69, 9.17) is 29.3 Å². The van der Waals surface area contributed by atoms with Crippen LogP contribution in [-0.4, -0.2) is 66.5 Å². The maximum Gasteiger partial charge on any atom is 0.288 e. The minimum Gasteiger partial charge on any atom is -0.378 e. The van der Waals surface area contributed by atoms with Crippen molar-refractivity contribution in [1.82, 2.24) is 15.2 Å². The highest BCUT2D eigenvalue weighted by Gasteiger charge is 2.30. The monoisotopic (exact) mass is 519 g/mol. The number of nitrogens with zero attached hydrogens (tertiary/aromatic N) is 3. The average molecular weight is 519 g/mol. The third-order valence-corrected chi connectivity index (χ3v) is 5.28. The second kappa shape index (κ2) is 13.9. The van der Waals surface area contributed by atoms with E-state index in [1.807, 2.05) is 56.3 Å². The fraction of sp³-hybridized carbons (Fsp3) is 0.357. The molecule has 0 saturated carbocycles. The van der Waals surface area contributed by atoms with Crippen LogP contribution in [0.15, 0.2) is 48.5 Å². The van der Waals surface area contributed by atoms with E-state index in [0.29, 0.717) is 36.3 Å². The number of aromatic amines is 1. The first-order valence-corrected chi connectivity index (χ1v) is 12.7. The Hall–Kier alpha value is -3.77. The molecule has 0 atom stereocenters. The molecule has 0 fully saturated rings. The van der Waals surface area contributed by atoms with Gasteiger partial charge < -0.3 is 15.7 Å². The topological polar surface area (TPSA) is 125 Å². The largest absolute Gasteiger partial charge is 0.378 e. The van der Waals surface area contributed by atoms with Gasteiger partial charge in [-0.25, -0.2) is 4.98 Å². The van der Waals surface area contributed by atoms with E-state index in [1.54, 1.807) is 19.9 Å². The van der Waals surface area contributed by atoms with Crippen LogP contribution in [0.5, 0.6) is 0 Å². The highest BCUT2D eigenvalue weighted by atomic mass is 16.3. The molecule has 2 amide bonds. The van der Waals surface area contributed by atoms with Gasteiger partial charge in [-0.15, -0.1) is 5.10 Å². The number of benzene rings is 2. The van der Waals surface area contributed by atoms with Crippen molar-refractivity contribution in [3.8, 4) is 11.8 Å². The van der Waals surface area contributed by atoms with Gasteiger partial charge in [-0.3, -0.25) is 14.7 Å². The molecule has 0 saturated heterocycles. The predicted octanol–water partition coefficient (Wildman–Crippen LogP) is 2.12. The lowest BCUT2D eigenvalue weighted by Crippen LogP contribution is -2.54. The number of aromatic nitrogens is 3. The summed E-state index contributed by atoms with van der Waals surface area (Å²) in [6, 6.07) is 15.3. The number of carbonyl (C=O) groups is 2. The number of hydrogen-bond acceptors (Lipinski definition) is 5. The number of amides is 2. The van der Waals surface area contributed by atoms with Crippen LogP contribution in [0.2, 0.25) is 0 Å². The van der Waals surface area contributed by atoms with Crippen molar-refractivity contribution >= 4 is 41.0 Å². The zero-order valence-corrected chi connectivity index (χ0v) is 22.9. The summed E-state index contributed by atoms with van der Waals surface area (Å²) in [6.45, 7) is 7.20. The second-order valence-electron chi connectivity index (χ2n) is 9.25. The number of H-pyrrole nitrogens is 1. The first-order valence-electron chi connectivity index (χ1n) is 12.7. The fourth-order valence-electron chi connectivity index (χ4n) is 3.66. The Morgan fingerprint density at radius 2 is 1.79 bits per heavy atom. The number of anilines is 1. The van der Waals surface area contributed by atoms with E-state index in [2.05, 4.69) is 27.0 Å². The summed E-state index contributed by atoms with van der Waals surface area (Å²) in [5.41, 5.74) is 7.23. The Morgan fingerprint density at radius 1 is 1.13 bits per heavy atom. The number of carbonyl (C=O) groups excluding carboxylic acids is 2. The predicted molar refractivity (Wildman–Crippen MR) is 156 cm³/mol. The summed E-state index contributed by atoms with van der Waals surface area (Å²) in [5, 5.41) is 14.3. The molecule has 39 heavy (non-hydrogen) atoms. The van der Waals surface area contributed by atoms with Crippen molar-refractivity contribution in [2.45, 2.75) is 64.2 Å². The maximum atomic E-state index is 12.3. The van der Waals surface area contributed by atoms with E-state index < -0.39 is 16.7 Å². The van der Waals surface area contributed by atoms with E-state index in [9.17, 15) is 14.7 Å². The number of nitrogens with two attached hydrogens (primary N) is 1. The van der Waals surface area contributed by atoms with Crippen molar-refractivity contribution in [3.63, 3.8) is 0 Å². The van der Waals surface area contributed by atoms with Crippen LogP contribution in [0.4, 0.5) is 5.69 Å². The molecule has 8 nitrogen and oxygen atoms in total. The molecule has 6 radical (unpaired) electrons. The zero-order chi connectivity index (χ0) is 29.2. The molecule has 196 valence electrons. The van der Waals surface area contributed by atoms with Gasteiger partial charge in [-0.05, 0) is 49.9 Å². The Kier molecular flexibility index (Phi) is 11.2. The van der Waals surface area contributed by atoms with E-state index >= 15 is 0 Å². The summed E-state index contributed by atoms with van der Waals surface area (Å²) >= 11 is 0. The molecule has 0 bridgehead atoms. The quantitative estimate of drug-likeness (QED) is 0.360. The fourth-order valence-corrected chi connectivity index (χ4v) is 3.66. The van der Waals surface area contributed by atoms with Gasteiger partial charge in [0, 0.05) is 24.1 Å². The Labute approximate surface area is 234 Å². The van der Waals surface area contributed by atoms with Crippen LogP contribution in [0.3, 0.4) is 0 Å². The Morgan fingerprint density at radius 3 is 2.36 bits per heavy atom. The molecular formula is C28H32B3N5O3. The molecule has 0 spiro atoms. The first kappa shape index (κ1) is 31.5. The van der Waals surface area contributed by atoms with Gasteiger partial charge in [0.1, 0.15) is 11.4 Å². The summed E-state index contributed by atoms with van der Waals surface area (Å²) in [7, 11) is 17.3. The van der Waals surface area contributed by atoms with Gasteiger partial charge in [0.2, 0.25) is 11.7 Å². The van der Waals surface area contributed by atoms with Crippen molar-refractivity contribution in [2.75, 3.05) is 4.90 Å². The number of nitrogens with one attached hydrogen (secondary N) is 1. The summed E-state index contributed by atoms with van der Waals surface area (Å²) < 4.78 is 0. The second-order valence-corrected chi connectivity index (χ2v) is 9.25. The molecule has 3 aromatic rings. The summed E-state index contributed by atoms with van der Waals surface area (Å²) in [4.78, 5) is 28.2. The minimum absolute atomic E-state index is 0.0286. The smallest absolute Gasteiger partial charge is 0.288 e. The molecule has 4 rings (SSSR count). The van der Waals surface area contributed by atoms with Gasteiger partial charge in [0.05, 0.1) is 23.5 Å². The number of fused-ring (bicyclic) bond motifs is 1. The van der Waals surface area contributed by atoms with Crippen LogP contribution in [0, 0.1) is 11.8 Å². The Balaban J connectivity index is 0.000000273. The van der Waals surface area contributed by atoms with Gasteiger partial charge >= 0.3 is 0 Å². The van der Waals surface area contributed by atoms with Crippen LogP contribution >= 0.6 is 0 Å². The molecule has 4 N–H and O–H groups in total.